The van der Waals surface area contributed by atoms with Gasteiger partial charge in [-0.3, -0.25) is 9.80 Å². The van der Waals surface area contributed by atoms with Crippen LogP contribution in [0.5, 0.6) is 34.5 Å². The van der Waals surface area contributed by atoms with E-state index in [4.69, 9.17) is 23.7 Å². The topological polar surface area (TPSA) is 52.6 Å². The van der Waals surface area contributed by atoms with E-state index in [2.05, 4.69) is 67.7 Å². The van der Waals surface area contributed by atoms with Gasteiger partial charge in [0.05, 0.1) is 27.1 Å². The van der Waals surface area contributed by atoms with E-state index in [1.807, 2.05) is 19.1 Å². The van der Waals surface area contributed by atoms with Gasteiger partial charge in [-0.25, -0.2) is 0 Å². The minimum absolute atomic E-state index is 0.0645. The molecule has 224 valence electrons. The number of hydrogen-bond acceptors (Lipinski definition) is 7. The molecule has 2 heterocycles. The van der Waals surface area contributed by atoms with Gasteiger partial charge in [-0.15, -0.1) is 0 Å². The van der Waals surface area contributed by atoms with E-state index in [0.717, 1.165) is 55.8 Å². The molecular formula is C35H44N2O5. The lowest BCUT2D eigenvalue weighted by atomic mass is 9.87. The highest BCUT2D eigenvalue weighted by Gasteiger charge is 2.34. The number of ether oxygens (including phenoxy) is 5. The first kappa shape index (κ1) is 29.8. The van der Waals surface area contributed by atoms with Gasteiger partial charge in [0, 0.05) is 30.7 Å². The second-order valence-electron chi connectivity index (χ2n) is 11.4. The Kier molecular flexibility index (Phi) is 8.99. The van der Waals surface area contributed by atoms with Crippen LogP contribution in [0.4, 0.5) is 0 Å². The Morgan fingerprint density at radius 3 is 2.07 bits per heavy atom. The molecule has 0 aromatic heterocycles. The third kappa shape index (κ3) is 5.81. The molecule has 0 amide bonds. The molecule has 7 heteroatoms. The Balaban J connectivity index is 1.61. The van der Waals surface area contributed by atoms with Crippen LogP contribution in [0.3, 0.4) is 0 Å². The van der Waals surface area contributed by atoms with Gasteiger partial charge in [-0.1, -0.05) is 25.6 Å². The average Bonchev–Trinajstić information content (AvgIpc) is 2.98. The van der Waals surface area contributed by atoms with Crippen LogP contribution in [0.25, 0.3) is 0 Å². The fraction of sp³-hybridized carbons (Fsp3) is 0.429. The molecule has 0 saturated carbocycles. The lowest BCUT2D eigenvalue weighted by molar-refractivity contribution is 0.219. The van der Waals surface area contributed by atoms with Crippen molar-refractivity contribution in [2.45, 2.75) is 51.6 Å². The Hall–Kier alpha value is -3.68. The number of hydrogen-bond donors (Lipinski definition) is 0. The van der Waals surface area contributed by atoms with Crippen molar-refractivity contribution in [3.05, 3.63) is 82.6 Å². The Labute approximate surface area is 250 Å². The van der Waals surface area contributed by atoms with Gasteiger partial charge in [0.2, 0.25) is 5.75 Å². The number of likely N-dealkylation sites (N-methyl/N-ethyl adjacent to an activating group) is 2. The summed E-state index contributed by atoms with van der Waals surface area (Å²) in [5, 5.41) is 0. The third-order valence-corrected chi connectivity index (χ3v) is 8.64. The van der Waals surface area contributed by atoms with Crippen molar-refractivity contribution in [2.75, 3.05) is 48.5 Å². The molecule has 5 rings (SSSR count). The van der Waals surface area contributed by atoms with Crippen molar-refractivity contribution in [3.8, 4) is 34.5 Å². The maximum Gasteiger partial charge on any atom is 0.204 e. The second kappa shape index (κ2) is 12.7. The second-order valence-corrected chi connectivity index (χ2v) is 11.4. The summed E-state index contributed by atoms with van der Waals surface area (Å²) in [6.07, 6.45) is 3.69. The molecule has 3 aromatic rings. The minimum atomic E-state index is 0.0645. The summed E-state index contributed by atoms with van der Waals surface area (Å²) in [7, 11) is 9.42. The van der Waals surface area contributed by atoms with Crippen LogP contribution >= 0.6 is 0 Å². The molecule has 0 aliphatic carbocycles. The van der Waals surface area contributed by atoms with E-state index in [9.17, 15) is 0 Å². The fourth-order valence-corrected chi connectivity index (χ4v) is 6.46. The number of methoxy groups -OCH3 is 3. The van der Waals surface area contributed by atoms with Crippen molar-refractivity contribution in [1.82, 2.24) is 9.80 Å². The highest BCUT2D eigenvalue weighted by molar-refractivity contribution is 5.63. The minimum Gasteiger partial charge on any atom is -0.493 e. The molecule has 2 atom stereocenters. The number of fused-ring (bicyclic) bond motifs is 2. The predicted octanol–water partition coefficient (Wildman–Crippen LogP) is 7.13. The fourth-order valence-electron chi connectivity index (χ4n) is 6.46. The summed E-state index contributed by atoms with van der Waals surface area (Å²) in [4.78, 5) is 4.82. The van der Waals surface area contributed by atoms with Gasteiger partial charge in [-0.2, -0.15) is 0 Å². The number of rotatable bonds is 10. The molecule has 42 heavy (non-hydrogen) atoms. The molecule has 2 aliphatic heterocycles. The maximum absolute atomic E-state index is 6.93. The molecule has 0 fully saturated rings. The molecule has 7 nitrogen and oxygen atoms in total. The van der Waals surface area contributed by atoms with Gasteiger partial charge in [-0.05, 0) is 99.3 Å². The Bertz CT molecular complexity index is 1430. The van der Waals surface area contributed by atoms with Crippen molar-refractivity contribution >= 4 is 0 Å². The zero-order valence-corrected chi connectivity index (χ0v) is 26.1. The summed E-state index contributed by atoms with van der Waals surface area (Å²) >= 11 is 0. The SMILES string of the molecule is C=C(C)Oc1ccc(C[C@H]2c3c(cc(OC)c(OC)c3Oc3cc4c(cc3OC)CCN(C)[C@@H]4CC)CCN2C)cc1. The van der Waals surface area contributed by atoms with Crippen molar-refractivity contribution in [2.24, 2.45) is 0 Å². The van der Waals surface area contributed by atoms with Crippen LogP contribution in [-0.2, 0) is 19.3 Å². The highest BCUT2D eigenvalue weighted by atomic mass is 16.5. The van der Waals surface area contributed by atoms with E-state index < -0.39 is 0 Å². The van der Waals surface area contributed by atoms with Crippen LogP contribution in [-0.4, -0.2) is 58.3 Å². The lowest BCUT2D eigenvalue weighted by Crippen LogP contribution is -2.34. The van der Waals surface area contributed by atoms with Crippen LogP contribution < -0.4 is 23.7 Å². The van der Waals surface area contributed by atoms with E-state index in [1.165, 1.54) is 22.3 Å². The van der Waals surface area contributed by atoms with Crippen LogP contribution in [0.15, 0.2) is 54.8 Å². The Morgan fingerprint density at radius 2 is 1.45 bits per heavy atom. The molecular weight excluding hydrogens is 528 g/mol. The molecule has 0 bridgehead atoms. The van der Waals surface area contributed by atoms with Gasteiger partial charge in [0.1, 0.15) is 5.75 Å². The van der Waals surface area contributed by atoms with Gasteiger partial charge >= 0.3 is 0 Å². The van der Waals surface area contributed by atoms with Crippen molar-refractivity contribution in [3.63, 3.8) is 0 Å². The normalized spacial score (nSPS) is 18.5. The molecule has 0 N–H and O–H groups in total. The van der Waals surface area contributed by atoms with E-state index in [1.54, 1.807) is 21.3 Å². The first-order valence-electron chi connectivity index (χ1n) is 14.8. The molecule has 2 aliphatic rings. The van der Waals surface area contributed by atoms with Crippen molar-refractivity contribution < 1.29 is 23.7 Å². The summed E-state index contributed by atoms with van der Waals surface area (Å²) in [6, 6.07) is 15.1. The highest BCUT2D eigenvalue weighted by Crippen LogP contribution is 2.51. The monoisotopic (exact) mass is 572 g/mol. The molecule has 0 radical (unpaired) electrons. The smallest absolute Gasteiger partial charge is 0.204 e. The largest absolute Gasteiger partial charge is 0.493 e. The third-order valence-electron chi connectivity index (χ3n) is 8.64. The van der Waals surface area contributed by atoms with E-state index >= 15 is 0 Å². The zero-order valence-electron chi connectivity index (χ0n) is 26.1. The molecule has 0 saturated heterocycles. The number of benzene rings is 3. The van der Waals surface area contributed by atoms with Crippen LogP contribution in [0, 0.1) is 0 Å². The summed E-state index contributed by atoms with van der Waals surface area (Å²) < 4.78 is 30.3. The van der Waals surface area contributed by atoms with Crippen LogP contribution in [0.2, 0.25) is 0 Å². The zero-order chi connectivity index (χ0) is 30.0. The van der Waals surface area contributed by atoms with Gasteiger partial charge < -0.3 is 23.7 Å². The predicted molar refractivity (Wildman–Crippen MR) is 167 cm³/mol. The Morgan fingerprint density at radius 1 is 0.810 bits per heavy atom. The lowest BCUT2D eigenvalue weighted by Gasteiger charge is -2.37. The van der Waals surface area contributed by atoms with Gasteiger partial charge in [0.25, 0.3) is 0 Å². The average molecular weight is 573 g/mol. The number of allylic oxidation sites excluding steroid dienone is 1. The standard InChI is InChI=1S/C35H44N2O5/c1-9-28-27-21-31(30(38-6)19-24(27)14-16-36(28)4)42-35-33-25(20-32(39-7)34(35)40-8)15-17-37(5)29(33)18-23-10-12-26(13-11-23)41-22(2)3/h10-13,19-21,28-29H,2,9,14-18H2,1,3-8H3/t28-,29+/m1/s1. The maximum atomic E-state index is 6.93. The molecule has 0 unspecified atom stereocenters. The summed E-state index contributed by atoms with van der Waals surface area (Å²) in [6.45, 7) is 9.89. The van der Waals surface area contributed by atoms with E-state index in [-0.39, 0.29) is 6.04 Å². The first-order valence-corrected chi connectivity index (χ1v) is 14.8. The molecule has 0 spiro atoms. The quantitative estimate of drug-likeness (QED) is 0.240. The number of nitrogens with zero attached hydrogens (tertiary/aromatic N) is 2. The molecule has 3 aromatic carbocycles. The van der Waals surface area contributed by atoms with Crippen LogP contribution in [0.1, 0.15) is 60.2 Å². The summed E-state index contributed by atoms with van der Waals surface area (Å²) in [5.74, 6) is 4.80. The van der Waals surface area contributed by atoms with Crippen molar-refractivity contribution in [1.29, 1.82) is 0 Å². The summed E-state index contributed by atoms with van der Waals surface area (Å²) in [5.41, 5.74) is 6.14. The first-order chi connectivity index (χ1) is 20.3. The van der Waals surface area contributed by atoms with Gasteiger partial charge in [0.15, 0.2) is 23.0 Å². The van der Waals surface area contributed by atoms with E-state index in [0.29, 0.717) is 34.8 Å².